The lowest BCUT2D eigenvalue weighted by Crippen LogP contribution is -2.28. The highest BCUT2D eigenvalue weighted by atomic mass is 79.9. The maximum atomic E-state index is 10.7. The summed E-state index contributed by atoms with van der Waals surface area (Å²) in [6.07, 6.45) is 6.09. The molecule has 0 unspecified atom stereocenters. The summed E-state index contributed by atoms with van der Waals surface area (Å²) >= 11 is 3.47. The van der Waals surface area contributed by atoms with Gasteiger partial charge in [0.1, 0.15) is 0 Å². The van der Waals surface area contributed by atoms with Gasteiger partial charge in [0.25, 0.3) is 0 Å². The summed E-state index contributed by atoms with van der Waals surface area (Å²) in [4.78, 5) is 12.9. The average molecular weight is 322 g/mol. The van der Waals surface area contributed by atoms with Gasteiger partial charge in [0.05, 0.1) is 0 Å². The molecule has 0 radical (unpaired) electrons. The maximum Gasteiger partial charge on any atom is 0.328 e. The number of carbonyl (C=O) groups is 1. The summed E-state index contributed by atoms with van der Waals surface area (Å²) in [5.41, 5.74) is 3.41. The number of nitrogens with zero attached hydrogens (tertiary/aromatic N) is 1. The van der Waals surface area contributed by atoms with Gasteiger partial charge in [-0.3, -0.25) is 0 Å². The molecule has 2 rings (SSSR count). The Balaban J connectivity index is 2.32. The van der Waals surface area contributed by atoms with Crippen molar-refractivity contribution < 1.29 is 9.90 Å². The third kappa shape index (κ3) is 3.70. The van der Waals surface area contributed by atoms with Gasteiger partial charge in [0, 0.05) is 29.3 Å². The third-order valence-electron chi connectivity index (χ3n) is 3.17. The Morgan fingerprint density at radius 2 is 2.26 bits per heavy atom. The van der Waals surface area contributed by atoms with Gasteiger partial charge < -0.3 is 10.0 Å². The van der Waals surface area contributed by atoms with E-state index in [9.17, 15) is 4.79 Å². The van der Waals surface area contributed by atoms with E-state index in [-0.39, 0.29) is 0 Å². The van der Waals surface area contributed by atoms with Gasteiger partial charge in [-0.15, -0.1) is 0 Å². The molecule has 1 heterocycles. The second-order valence-corrected chi connectivity index (χ2v) is 5.54. The molecule has 19 heavy (non-hydrogen) atoms. The first-order chi connectivity index (χ1) is 9.06. The molecule has 1 aromatic carbocycles. The van der Waals surface area contributed by atoms with Gasteiger partial charge in [-0.25, -0.2) is 4.79 Å². The SMILES string of the molecule is CC1=CCN(c2cc(Br)ccc2/C=C/C(=O)O)CC1. The number of hydrogen-bond acceptors (Lipinski definition) is 2. The zero-order valence-corrected chi connectivity index (χ0v) is 12.4. The number of carboxylic acids is 1. The van der Waals surface area contributed by atoms with E-state index in [2.05, 4.69) is 33.8 Å². The normalized spacial score (nSPS) is 15.7. The molecule has 100 valence electrons. The lowest BCUT2D eigenvalue weighted by molar-refractivity contribution is -0.131. The summed E-state index contributed by atoms with van der Waals surface area (Å²) in [7, 11) is 0. The van der Waals surface area contributed by atoms with Crippen molar-refractivity contribution in [3.8, 4) is 0 Å². The van der Waals surface area contributed by atoms with Crippen LogP contribution < -0.4 is 4.90 Å². The largest absolute Gasteiger partial charge is 0.478 e. The van der Waals surface area contributed by atoms with Crippen molar-refractivity contribution in [3.63, 3.8) is 0 Å². The first-order valence-electron chi connectivity index (χ1n) is 6.17. The Hall–Kier alpha value is -1.55. The van der Waals surface area contributed by atoms with Crippen molar-refractivity contribution in [2.24, 2.45) is 0 Å². The molecule has 0 saturated carbocycles. The van der Waals surface area contributed by atoms with Crippen LogP contribution in [0.15, 0.2) is 40.4 Å². The molecular formula is C15H16BrNO2. The van der Waals surface area contributed by atoms with Crippen LogP contribution in [-0.4, -0.2) is 24.2 Å². The molecule has 4 heteroatoms. The molecule has 0 saturated heterocycles. The van der Waals surface area contributed by atoms with Gasteiger partial charge in [0.15, 0.2) is 0 Å². The molecule has 0 spiro atoms. The summed E-state index contributed by atoms with van der Waals surface area (Å²) < 4.78 is 1.00. The zero-order chi connectivity index (χ0) is 13.8. The fourth-order valence-electron chi connectivity index (χ4n) is 2.08. The Bertz CT molecular complexity index is 549. The molecule has 1 N–H and O–H groups in total. The monoisotopic (exact) mass is 321 g/mol. The second kappa shape index (κ2) is 6.06. The van der Waals surface area contributed by atoms with Crippen LogP contribution in [0.25, 0.3) is 6.08 Å². The number of benzene rings is 1. The van der Waals surface area contributed by atoms with Crippen LogP contribution in [-0.2, 0) is 4.79 Å². The molecule has 0 amide bonds. The van der Waals surface area contributed by atoms with E-state index in [1.165, 1.54) is 11.6 Å². The first kappa shape index (κ1) is 13.9. The minimum Gasteiger partial charge on any atom is -0.478 e. The van der Waals surface area contributed by atoms with Gasteiger partial charge in [0.2, 0.25) is 0 Å². The maximum absolute atomic E-state index is 10.7. The molecule has 0 aliphatic carbocycles. The Labute approximate surface area is 121 Å². The number of rotatable bonds is 3. The highest BCUT2D eigenvalue weighted by Gasteiger charge is 2.13. The van der Waals surface area contributed by atoms with Crippen molar-refractivity contribution in [2.45, 2.75) is 13.3 Å². The second-order valence-electron chi connectivity index (χ2n) is 4.62. The summed E-state index contributed by atoms with van der Waals surface area (Å²) in [6, 6.07) is 5.90. The van der Waals surface area contributed by atoms with Gasteiger partial charge in [-0.1, -0.05) is 33.6 Å². The lowest BCUT2D eigenvalue weighted by atomic mass is 10.1. The minimum absolute atomic E-state index is 0.871. The molecule has 3 nitrogen and oxygen atoms in total. The fourth-order valence-corrected chi connectivity index (χ4v) is 2.43. The highest BCUT2D eigenvalue weighted by Crippen LogP contribution is 2.28. The number of carboxylic acid groups (broad SMARTS) is 1. The van der Waals surface area contributed by atoms with Crippen molar-refractivity contribution in [3.05, 3.63) is 46.0 Å². The van der Waals surface area contributed by atoms with Crippen LogP contribution in [0.5, 0.6) is 0 Å². The number of aliphatic carboxylic acids is 1. The average Bonchev–Trinajstić information content (AvgIpc) is 2.38. The van der Waals surface area contributed by atoms with E-state index >= 15 is 0 Å². The van der Waals surface area contributed by atoms with Crippen LogP contribution in [0.1, 0.15) is 18.9 Å². The molecule has 0 bridgehead atoms. The number of anilines is 1. The van der Waals surface area contributed by atoms with E-state index in [1.807, 2.05) is 18.2 Å². The van der Waals surface area contributed by atoms with Crippen molar-refractivity contribution in [1.82, 2.24) is 0 Å². The van der Waals surface area contributed by atoms with Crippen LogP contribution in [0.3, 0.4) is 0 Å². The van der Waals surface area contributed by atoms with Gasteiger partial charge >= 0.3 is 5.97 Å². The molecule has 0 fully saturated rings. The Morgan fingerprint density at radius 1 is 1.47 bits per heavy atom. The van der Waals surface area contributed by atoms with E-state index in [0.29, 0.717) is 0 Å². The molecule has 1 aliphatic heterocycles. The topological polar surface area (TPSA) is 40.5 Å². The molecular weight excluding hydrogens is 306 g/mol. The van der Waals surface area contributed by atoms with Crippen molar-refractivity contribution >= 4 is 33.7 Å². The predicted octanol–water partition coefficient (Wildman–Crippen LogP) is 3.70. The predicted molar refractivity (Wildman–Crippen MR) is 81.4 cm³/mol. The number of halogens is 1. The lowest BCUT2D eigenvalue weighted by Gasteiger charge is -2.29. The van der Waals surface area contributed by atoms with E-state index in [1.54, 1.807) is 6.08 Å². The highest BCUT2D eigenvalue weighted by molar-refractivity contribution is 9.10. The van der Waals surface area contributed by atoms with Crippen molar-refractivity contribution in [2.75, 3.05) is 18.0 Å². The fraction of sp³-hybridized carbons (Fsp3) is 0.267. The molecule has 0 aromatic heterocycles. The summed E-state index contributed by atoms with van der Waals surface area (Å²) in [6.45, 7) is 3.98. The zero-order valence-electron chi connectivity index (χ0n) is 10.8. The minimum atomic E-state index is -0.928. The van der Waals surface area contributed by atoms with E-state index < -0.39 is 5.97 Å². The summed E-state index contributed by atoms with van der Waals surface area (Å²) in [5, 5.41) is 8.75. The smallest absolute Gasteiger partial charge is 0.328 e. The Kier molecular flexibility index (Phi) is 4.43. The Morgan fingerprint density at radius 3 is 2.89 bits per heavy atom. The molecule has 1 aromatic rings. The standard InChI is InChI=1S/C15H16BrNO2/c1-11-6-8-17(9-7-11)14-10-13(16)4-2-12(14)3-5-15(18)19/h2-6,10H,7-9H2,1H3,(H,18,19)/b5-3+. The van der Waals surface area contributed by atoms with Crippen LogP contribution >= 0.6 is 15.9 Å². The quantitative estimate of drug-likeness (QED) is 0.681. The van der Waals surface area contributed by atoms with Crippen molar-refractivity contribution in [1.29, 1.82) is 0 Å². The third-order valence-corrected chi connectivity index (χ3v) is 3.67. The molecule has 0 atom stereocenters. The number of hydrogen-bond donors (Lipinski definition) is 1. The van der Waals surface area contributed by atoms with Crippen LogP contribution in [0.2, 0.25) is 0 Å². The van der Waals surface area contributed by atoms with Gasteiger partial charge in [-0.05, 0) is 37.1 Å². The van der Waals surface area contributed by atoms with E-state index in [4.69, 9.17) is 5.11 Å². The molecule has 1 aliphatic rings. The summed E-state index contributed by atoms with van der Waals surface area (Å²) in [5.74, 6) is -0.928. The van der Waals surface area contributed by atoms with Gasteiger partial charge in [-0.2, -0.15) is 0 Å². The van der Waals surface area contributed by atoms with Crippen LogP contribution in [0.4, 0.5) is 5.69 Å². The first-order valence-corrected chi connectivity index (χ1v) is 6.96. The van der Waals surface area contributed by atoms with E-state index in [0.717, 1.165) is 35.2 Å². The van der Waals surface area contributed by atoms with Crippen LogP contribution in [0, 0.1) is 0 Å².